The molecule has 0 spiro atoms. The maximum absolute atomic E-state index is 6.21. The van der Waals surface area contributed by atoms with Crippen LogP contribution in [0.5, 0.6) is 0 Å². The van der Waals surface area contributed by atoms with Crippen molar-refractivity contribution < 1.29 is 0 Å². The van der Waals surface area contributed by atoms with Gasteiger partial charge in [0.1, 0.15) is 0 Å². The van der Waals surface area contributed by atoms with Gasteiger partial charge in [-0.15, -0.1) is 0 Å². The Kier molecular flexibility index (Phi) is 5.21. The van der Waals surface area contributed by atoms with E-state index in [1.54, 1.807) is 6.07 Å². The molecular weight excluding hydrogens is 365 g/mol. The highest BCUT2D eigenvalue weighted by molar-refractivity contribution is 6.35. The summed E-state index contributed by atoms with van der Waals surface area (Å²) in [4.78, 5) is 11.4. The summed E-state index contributed by atoms with van der Waals surface area (Å²) < 4.78 is 0. The molecule has 1 saturated heterocycles. The third kappa shape index (κ3) is 3.75. The average Bonchev–Trinajstić information content (AvgIpc) is 2.60. The highest BCUT2D eigenvalue weighted by atomic mass is 35.5. The van der Waals surface area contributed by atoms with Crippen LogP contribution in [-0.2, 0) is 6.42 Å². The fourth-order valence-electron chi connectivity index (χ4n) is 3.45. The van der Waals surface area contributed by atoms with E-state index in [1.165, 1.54) is 17.5 Å². The zero-order chi connectivity index (χ0) is 17.9. The molecule has 132 valence electrons. The van der Waals surface area contributed by atoms with Crippen LogP contribution < -0.4 is 0 Å². The first kappa shape index (κ1) is 17.5. The Morgan fingerprint density at radius 2 is 1.77 bits per heavy atom. The molecule has 4 rings (SSSR count). The Balaban J connectivity index is 1.71. The van der Waals surface area contributed by atoms with Crippen LogP contribution in [0.15, 0.2) is 61.1 Å². The van der Waals surface area contributed by atoms with Crippen LogP contribution in [0.25, 0.3) is 11.3 Å². The zero-order valence-electron chi connectivity index (χ0n) is 14.3. The molecule has 26 heavy (non-hydrogen) atoms. The smallest absolute Gasteiger partial charge is 0.0735 e. The van der Waals surface area contributed by atoms with Crippen LogP contribution in [0.3, 0.4) is 0 Å². The Labute approximate surface area is 163 Å². The second-order valence-electron chi connectivity index (χ2n) is 6.57. The van der Waals surface area contributed by atoms with Gasteiger partial charge in [0.05, 0.1) is 5.69 Å². The predicted molar refractivity (Wildman–Crippen MR) is 107 cm³/mol. The Bertz CT molecular complexity index is 875. The van der Waals surface area contributed by atoms with Crippen molar-refractivity contribution in [3.63, 3.8) is 0 Å². The molecule has 0 aliphatic carbocycles. The van der Waals surface area contributed by atoms with Crippen molar-refractivity contribution in [2.75, 3.05) is 13.1 Å². The van der Waals surface area contributed by atoms with Gasteiger partial charge in [-0.3, -0.25) is 14.9 Å². The van der Waals surface area contributed by atoms with Crippen LogP contribution >= 0.6 is 23.2 Å². The predicted octanol–water partition coefficient (Wildman–Crippen LogP) is 5.44. The monoisotopic (exact) mass is 383 g/mol. The SMILES string of the molecule is Clc1cc(Cl)cc(-c2ncccc2CC(c2cccnc2)N2CCC2)c1. The molecule has 0 amide bonds. The zero-order valence-corrected chi connectivity index (χ0v) is 15.8. The summed E-state index contributed by atoms with van der Waals surface area (Å²) >= 11 is 12.4. The maximum Gasteiger partial charge on any atom is 0.0735 e. The quantitative estimate of drug-likeness (QED) is 0.587. The minimum Gasteiger partial charge on any atom is -0.296 e. The molecule has 1 fully saturated rings. The lowest BCUT2D eigenvalue weighted by Gasteiger charge is -2.39. The highest BCUT2D eigenvalue weighted by Crippen LogP contribution is 2.33. The van der Waals surface area contributed by atoms with E-state index in [-0.39, 0.29) is 0 Å². The number of hydrogen-bond acceptors (Lipinski definition) is 3. The number of hydrogen-bond donors (Lipinski definition) is 0. The molecule has 0 bridgehead atoms. The van der Waals surface area contributed by atoms with Crippen LogP contribution in [0, 0.1) is 0 Å². The van der Waals surface area contributed by atoms with Crippen molar-refractivity contribution in [3.8, 4) is 11.3 Å². The Morgan fingerprint density at radius 1 is 1.00 bits per heavy atom. The topological polar surface area (TPSA) is 29.0 Å². The van der Waals surface area contributed by atoms with Crippen molar-refractivity contribution in [1.82, 2.24) is 14.9 Å². The summed E-state index contributed by atoms with van der Waals surface area (Å²) in [5.41, 5.74) is 4.32. The number of benzene rings is 1. The highest BCUT2D eigenvalue weighted by Gasteiger charge is 2.26. The van der Waals surface area contributed by atoms with Crippen LogP contribution in [0.4, 0.5) is 0 Å². The molecule has 0 radical (unpaired) electrons. The molecule has 2 aromatic heterocycles. The fraction of sp³-hybridized carbons (Fsp3) is 0.238. The van der Waals surface area contributed by atoms with Crippen molar-refractivity contribution >= 4 is 23.2 Å². The molecule has 1 aromatic carbocycles. The lowest BCUT2D eigenvalue weighted by atomic mass is 9.93. The van der Waals surface area contributed by atoms with Crippen molar-refractivity contribution in [2.24, 2.45) is 0 Å². The number of rotatable bonds is 5. The van der Waals surface area contributed by atoms with Crippen molar-refractivity contribution in [3.05, 3.63) is 82.2 Å². The standard InChI is InChI=1S/C21H19Cl2N3/c22-18-10-17(11-19(23)13-18)21-15(4-2-7-25-21)12-20(26-8-3-9-26)16-5-1-6-24-14-16/h1-2,4-7,10-11,13-14,20H,3,8-9,12H2. The molecule has 1 aliphatic heterocycles. The Morgan fingerprint density at radius 3 is 2.42 bits per heavy atom. The molecular formula is C21H19Cl2N3. The van der Waals surface area contributed by atoms with E-state index < -0.39 is 0 Å². The largest absolute Gasteiger partial charge is 0.296 e. The first-order chi connectivity index (χ1) is 12.7. The first-order valence-corrected chi connectivity index (χ1v) is 9.50. The maximum atomic E-state index is 6.21. The summed E-state index contributed by atoms with van der Waals surface area (Å²) in [6, 6.07) is 14.2. The number of pyridine rings is 2. The van der Waals surface area contributed by atoms with Gasteiger partial charge in [-0.2, -0.15) is 0 Å². The van der Waals surface area contributed by atoms with E-state index in [2.05, 4.69) is 27.0 Å². The minimum absolute atomic E-state index is 0.301. The Hall–Kier alpha value is -1.94. The van der Waals surface area contributed by atoms with E-state index in [0.29, 0.717) is 16.1 Å². The number of likely N-dealkylation sites (tertiary alicyclic amines) is 1. The van der Waals surface area contributed by atoms with E-state index in [9.17, 15) is 0 Å². The van der Waals surface area contributed by atoms with Gasteiger partial charge in [-0.05, 0) is 67.4 Å². The first-order valence-electron chi connectivity index (χ1n) is 8.75. The average molecular weight is 384 g/mol. The summed E-state index contributed by atoms with van der Waals surface area (Å²) in [6.07, 6.45) is 7.73. The van der Waals surface area contributed by atoms with Gasteiger partial charge in [-0.25, -0.2) is 0 Å². The lowest BCUT2D eigenvalue weighted by molar-refractivity contribution is 0.117. The van der Waals surface area contributed by atoms with Gasteiger partial charge in [0, 0.05) is 40.2 Å². The third-order valence-electron chi connectivity index (χ3n) is 4.84. The van der Waals surface area contributed by atoms with Crippen LogP contribution in [0.2, 0.25) is 10.0 Å². The second kappa shape index (κ2) is 7.75. The van der Waals surface area contributed by atoms with Crippen LogP contribution in [-0.4, -0.2) is 28.0 Å². The van der Waals surface area contributed by atoms with E-state index in [4.69, 9.17) is 23.2 Å². The molecule has 0 N–H and O–H groups in total. The fourth-order valence-corrected chi connectivity index (χ4v) is 3.97. The van der Waals surface area contributed by atoms with Crippen LogP contribution in [0.1, 0.15) is 23.6 Å². The van der Waals surface area contributed by atoms with Gasteiger partial charge in [0.2, 0.25) is 0 Å². The number of aromatic nitrogens is 2. The summed E-state index contributed by atoms with van der Waals surface area (Å²) in [7, 11) is 0. The molecule has 1 atom stereocenters. The second-order valence-corrected chi connectivity index (χ2v) is 7.44. The van der Waals surface area contributed by atoms with Gasteiger partial charge in [-0.1, -0.05) is 35.3 Å². The summed E-state index contributed by atoms with van der Waals surface area (Å²) in [5, 5.41) is 1.24. The van der Waals surface area contributed by atoms with Gasteiger partial charge < -0.3 is 0 Å². The summed E-state index contributed by atoms with van der Waals surface area (Å²) in [5.74, 6) is 0. The molecule has 0 saturated carbocycles. The lowest BCUT2D eigenvalue weighted by Crippen LogP contribution is -2.41. The van der Waals surface area contributed by atoms with Gasteiger partial charge >= 0.3 is 0 Å². The molecule has 3 nitrogen and oxygen atoms in total. The normalized spacial score (nSPS) is 15.5. The van der Waals surface area contributed by atoms with E-state index >= 15 is 0 Å². The minimum atomic E-state index is 0.301. The number of nitrogens with zero attached hydrogens (tertiary/aromatic N) is 3. The van der Waals surface area contributed by atoms with Gasteiger partial charge in [0.15, 0.2) is 0 Å². The number of halogens is 2. The molecule has 5 heteroatoms. The molecule has 3 aromatic rings. The molecule has 3 heterocycles. The summed E-state index contributed by atoms with van der Waals surface area (Å²) in [6.45, 7) is 2.25. The molecule has 1 aliphatic rings. The van der Waals surface area contributed by atoms with E-state index in [0.717, 1.165) is 30.8 Å². The van der Waals surface area contributed by atoms with Crippen molar-refractivity contribution in [2.45, 2.75) is 18.9 Å². The van der Waals surface area contributed by atoms with Gasteiger partial charge in [0.25, 0.3) is 0 Å². The molecule has 1 unspecified atom stereocenters. The third-order valence-corrected chi connectivity index (χ3v) is 5.28. The van der Waals surface area contributed by atoms with E-state index in [1.807, 2.05) is 42.9 Å². The van der Waals surface area contributed by atoms with Crippen molar-refractivity contribution in [1.29, 1.82) is 0 Å².